The molecule has 35 heavy (non-hydrogen) atoms. The number of nitrogens with zero attached hydrogens (tertiary/aromatic N) is 2. The Morgan fingerprint density at radius 3 is 2.49 bits per heavy atom. The molecule has 1 aromatic heterocycles. The van der Waals surface area contributed by atoms with E-state index in [0.29, 0.717) is 32.2 Å². The van der Waals surface area contributed by atoms with Gasteiger partial charge in [0.15, 0.2) is 0 Å². The van der Waals surface area contributed by atoms with Crippen LogP contribution >= 0.6 is 0 Å². The molecule has 1 saturated carbocycles. The number of nitrogens with one attached hydrogen (secondary N) is 1. The fourth-order valence-corrected chi connectivity index (χ4v) is 6.98. The maximum Gasteiger partial charge on any atom is 0.240 e. The summed E-state index contributed by atoms with van der Waals surface area (Å²) in [4.78, 5) is 15.0. The Morgan fingerprint density at radius 2 is 1.77 bits per heavy atom. The lowest BCUT2D eigenvalue weighted by atomic mass is 9.85. The first-order chi connectivity index (χ1) is 16.9. The summed E-state index contributed by atoms with van der Waals surface area (Å²) in [5, 5.41) is 10.5. The van der Waals surface area contributed by atoms with Crippen LogP contribution < -0.4 is 4.72 Å². The molecule has 3 aromatic rings. The average Bonchev–Trinajstić information content (AvgIpc) is 3.48. The number of benzene rings is 2. The van der Waals surface area contributed by atoms with Gasteiger partial charge in [-0.1, -0.05) is 36.4 Å². The van der Waals surface area contributed by atoms with Gasteiger partial charge in [-0.05, 0) is 62.3 Å². The molecular weight excluding hydrogens is 462 g/mol. The highest BCUT2D eigenvalue weighted by atomic mass is 32.2. The van der Waals surface area contributed by atoms with Crippen LogP contribution in [0.1, 0.15) is 38.5 Å². The van der Waals surface area contributed by atoms with Crippen molar-refractivity contribution >= 4 is 26.8 Å². The maximum atomic E-state index is 13.2. The van der Waals surface area contributed by atoms with Crippen LogP contribution in [0, 0.1) is 5.92 Å². The molecule has 2 aliphatic rings. The van der Waals surface area contributed by atoms with Crippen LogP contribution in [0.3, 0.4) is 0 Å². The van der Waals surface area contributed by atoms with E-state index in [1.807, 2.05) is 52.9 Å². The molecule has 2 N–H and O–H groups in total. The highest BCUT2D eigenvalue weighted by Gasteiger charge is 2.35. The number of hydrogen-bond donors (Lipinski definition) is 2. The Labute approximate surface area is 206 Å². The number of fused-ring (bicyclic) bond motifs is 1. The zero-order chi connectivity index (χ0) is 24.6. The molecule has 2 heterocycles. The average molecular weight is 496 g/mol. The molecule has 8 heteroatoms. The van der Waals surface area contributed by atoms with E-state index in [2.05, 4.69) is 10.8 Å². The predicted molar refractivity (Wildman–Crippen MR) is 136 cm³/mol. The first-order valence-electron chi connectivity index (χ1n) is 12.5. The topological polar surface area (TPSA) is 91.6 Å². The van der Waals surface area contributed by atoms with Crippen molar-refractivity contribution < 1.29 is 18.3 Å². The third kappa shape index (κ3) is 4.75. The summed E-state index contributed by atoms with van der Waals surface area (Å²) in [5.74, 6) is 0.0327. The zero-order valence-corrected chi connectivity index (χ0v) is 20.9. The summed E-state index contributed by atoms with van der Waals surface area (Å²) in [5.41, 5.74) is 2.98. The van der Waals surface area contributed by atoms with Crippen molar-refractivity contribution in [2.75, 3.05) is 13.2 Å². The number of carbonyl (C=O) groups excluding carboxylic acids is 1. The van der Waals surface area contributed by atoms with E-state index >= 15 is 0 Å². The van der Waals surface area contributed by atoms with Gasteiger partial charge < -0.3 is 14.6 Å². The Hall–Kier alpha value is -2.68. The molecule has 1 amide bonds. The highest BCUT2D eigenvalue weighted by molar-refractivity contribution is 7.89. The van der Waals surface area contributed by atoms with Gasteiger partial charge in [0.05, 0.1) is 17.5 Å². The zero-order valence-electron chi connectivity index (χ0n) is 20.1. The number of sulfonamides is 1. The van der Waals surface area contributed by atoms with Crippen LogP contribution in [0.2, 0.25) is 0 Å². The van der Waals surface area contributed by atoms with Crippen LogP contribution in [0.5, 0.6) is 0 Å². The van der Waals surface area contributed by atoms with Crippen molar-refractivity contribution in [3.8, 4) is 11.3 Å². The molecule has 0 radical (unpaired) electrons. The summed E-state index contributed by atoms with van der Waals surface area (Å²) in [7, 11) is -1.73. The molecule has 7 nitrogen and oxygen atoms in total. The molecule has 2 fully saturated rings. The second-order valence-electron chi connectivity index (χ2n) is 9.86. The SMILES string of the molecule is Cn1c(-c2ccccc2)cc2ccc(S(=O)(=O)NC3CCC(C(=O)N4CCCC4CO)CC3)cc21. The van der Waals surface area contributed by atoms with Gasteiger partial charge in [-0.3, -0.25) is 4.79 Å². The minimum atomic E-state index is -3.68. The normalized spacial score (nSPS) is 23.1. The summed E-state index contributed by atoms with van der Waals surface area (Å²) < 4.78 is 31.3. The standard InChI is InChI=1S/C27H33N3O4S/c1-29-25(19-6-3-2-4-7-19)16-21-11-14-24(17-26(21)29)35(33,34)28-22-12-9-20(10-13-22)27(32)30-15-5-8-23(30)18-31/h2-4,6-7,11,14,16-17,20,22-23,28,31H,5,8-10,12-13,15,18H2,1H3. The lowest BCUT2D eigenvalue weighted by molar-refractivity contribution is -0.138. The first-order valence-corrected chi connectivity index (χ1v) is 13.9. The van der Waals surface area contributed by atoms with Crippen LogP contribution in [0.15, 0.2) is 59.5 Å². The van der Waals surface area contributed by atoms with Crippen molar-refractivity contribution in [1.82, 2.24) is 14.2 Å². The van der Waals surface area contributed by atoms with Gasteiger partial charge in [0.1, 0.15) is 0 Å². The van der Waals surface area contributed by atoms with Gasteiger partial charge in [-0.15, -0.1) is 0 Å². The Balaban J connectivity index is 1.27. The monoisotopic (exact) mass is 495 g/mol. The number of likely N-dealkylation sites (tertiary alicyclic amines) is 1. The van der Waals surface area contributed by atoms with Crippen molar-refractivity contribution in [3.05, 3.63) is 54.6 Å². The molecule has 1 aliphatic carbocycles. The smallest absolute Gasteiger partial charge is 0.240 e. The third-order valence-corrected chi connectivity index (χ3v) is 9.18. The van der Waals surface area contributed by atoms with Crippen LogP contribution in [0.25, 0.3) is 22.2 Å². The molecule has 0 spiro atoms. The number of carbonyl (C=O) groups is 1. The van der Waals surface area contributed by atoms with E-state index in [0.717, 1.165) is 35.0 Å². The number of hydrogen-bond acceptors (Lipinski definition) is 4. The molecule has 1 atom stereocenters. The highest BCUT2D eigenvalue weighted by Crippen LogP contribution is 2.31. The fraction of sp³-hybridized carbons (Fsp3) is 0.444. The predicted octanol–water partition coefficient (Wildman–Crippen LogP) is 3.67. The van der Waals surface area contributed by atoms with Crippen molar-refractivity contribution in [1.29, 1.82) is 0 Å². The fourth-order valence-electron chi connectivity index (χ4n) is 5.66. The van der Waals surface area contributed by atoms with Gasteiger partial charge >= 0.3 is 0 Å². The Kier molecular flexibility index (Phi) is 6.70. The molecule has 1 saturated heterocycles. The van der Waals surface area contributed by atoms with Gasteiger partial charge in [0, 0.05) is 42.1 Å². The summed E-state index contributed by atoms with van der Waals surface area (Å²) in [6.45, 7) is 0.726. The lowest BCUT2D eigenvalue weighted by Gasteiger charge is -2.32. The van der Waals surface area contributed by atoms with Crippen LogP contribution in [0.4, 0.5) is 0 Å². The van der Waals surface area contributed by atoms with Crippen LogP contribution in [-0.2, 0) is 21.9 Å². The number of aromatic nitrogens is 1. The van der Waals surface area contributed by atoms with Gasteiger partial charge in [0.2, 0.25) is 15.9 Å². The van der Waals surface area contributed by atoms with Crippen molar-refractivity contribution in [2.45, 2.75) is 55.5 Å². The van der Waals surface area contributed by atoms with Gasteiger partial charge in [-0.2, -0.15) is 0 Å². The van der Waals surface area contributed by atoms with Crippen molar-refractivity contribution in [3.63, 3.8) is 0 Å². The van der Waals surface area contributed by atoms with E-state index < -0.39 is 10.0 Å². The molecule has 5 rings (SSSR count). The number of aryl methyl sites for hydroxylation is 1. The molecule has 1 unspecified atom stereocenters. The van der Waals surface area contributed by atoms with E-state index in [1.54, 1.807) is 12.1 Å². The Morgan fingerprint density at radius 1 is 1.03 bits per heavy atom. The number of amides is 1. The van der Waals surface area contributed by atoms with E-state index in [1.165, 1.54) is 0 Å². The summed E-state index contributed by atoms with van der Waals surface area (Å²) in [6.07, 6.45) is 4.39. The molecule has 2 aromatic carbocycles. The minimum Gasteiger partial charge on any atom is -0.394 e. The first kappa shape index (κ1) is 24.0. The number of rotatable bonds is 6. The molecular formula is C27H33N3O4S. The quantitative estimate of drug-likeness (QED) is 0.546. The number of aliphatic hydroxyl groups excluding tert-OH is 1. The Bertz CT molecular complexity index is 1310. The van der Waals surface area contributed by atoms with Gasteiger partial charge in [0.25, 0.3) is 0 Å². The minimum absolute atomic E-state index is 0.0131. The molecule has 186 valence electrons. The second kappa shape index (κ2) is 9.76. The van der Waals surface area contributed by atoms with Crippen LogP contribution in [-0.4, -0.2) is 54.1 Å². The van der Waals surface area contributed by atoms with Gasteiger partial charge in [-0.25, -0.2) is 13.1 Å². The van der Waals surface area contributed by atoms with Crippen molar-refractivity contribution in [2.24, 2.45) is 13.0 Å². The lowest BCUT2D eigenvalue weighted by Crippen LogP contribution is -2.44. The largest absolute Gasteiger partial charge is 0.394 e. The maximum absolute atomic E-state index is 13.2. The van der Waals surface area contributed by atoms with E-state index in [4.69, 9.17) is 0 Å². The summed E-state index contributed by atoms with van der Waals surface area (Å²) in [6, 6.07) is 17.1. The van der Waals surface area contributed by atoms with E-state index in [-0.39, 0.29) is 35.4 Å². The molecule has 0 bridgehead atoms. The second-order valence-corrected chi connectivity index (χ2v) is 11.6. The summed E-state index contributed by atoms with van der Waals surface area (Å²) >= 11 is 0. The number of aliphatic hydroxyl groups is 1. The molecule has 1 aliphatic heterocycles. The van der Waals surface area contributed by atoms with E-state index in [9.17, 15) is 18.3 Å². The third-order valence-electron chi connectivity index (χ3n) is 7.67.